The topological polar surface area (TPSA) is 49.3 Å². The van der Waals surface area contributed by atoms with Gasteiger partial charge in [0.15, 0.2) is 0 Å². The van der Waals surface area contributed by atoms with Crippen molar-refractivity contribution in [3.63, 3.8) is 0 Å². The molecule has 0 saturated heterocycles. The van der Waals surface area contributed by atoms with Crippen LogP contribution in [0.15, 0.2) is 18.2 Å². The van der Waals surface area contributed by atoms with Crippen molar-refractivity contribution < 1.29 is 14.3 Å². The molecule has 1 unspecified atom stereocenters. The number of carbonyl (C=O) groups excluding carboxylic acids is 1. The summed E-state index contributed by atoms with van der Waals surface area (Å²) in [4.78, 5) is 12.4. The average molecular weight is 289 g/mol. The van der Waals surface area contributed by atoms with E-state index in [-0.39, 0.29) is 23.8 Å². The number of nitrogens with one attached hydrogen (secondary N) is 1. The molecule has 1 atom stereocenters. The lowest BCUT2D eigenvalue weighted by molar-refractivity contribution is -0.122. The van der Waals surface area contributed by atoms with Crippen LogP contribution in [0.25, 0.3) is 0 Å². The molecular weight excluding hydrogens is 269 g/mol. The molecule has 2 rings (SSSR count). The van der Waals surface area contributed by atoms with Gasteiger partial charge in [-0.25, -0.2) is 4.39 Å². The van der Waals surface area contributed by atoms with Gasteiger partial charge in [0.1, 0.15) is 12.4 Å². The number of halogens is 1. The van der Waals surface area contributed by atoms with Crippen molar-refractivity contribution in [3.05, 3.63) is 29.6 Å². The molecule has 0 bridgehead atoms. The fraction of sp³-hybridized carbons (Fsp3) is 0.471. The van der Waals surface area contributed by atoms with Crippen LogP contribution < -0.4 is 5.32 Å². The number of amides is 1. The molecule has 1 amide bonds. The maximum absolute atomic E-state index is 13.3. The third-order valence-electron chi connectivity index (χ3n) is 4.12. The number of benzene rings is 1. The molecule has 1 aliphatic rings. The first-order valence-corrected chi connectivity index (χ1v) is 7.14. The monoisotopic (exact) mass is 289 g/mol. The summed E-state index contributed by atoms with van der Waals surface area (Å²) in [6.45, 7) is 3.89. The molecule has 112 valence electrons. The predicted molar refractivity (Wildman–Crippen MR) is 80.1 cm³/mol. The Morgan fingerprint density at radius 3 is 2.90 bits per heavy atom. The molecule has 1 saturated carbocycles. The van der Waals surface area contributed by atoms with Crippen LogP contribution in [0.2, 0.25) is 0 Å². The summed E-state index contributed by atoms with van der Waals surface area (Å²) in [6, 6.07) is 4.06. The van der Waals surface area contributed by atoms with E-state index in [1.165, 1.54) is 18.2 Å². The second-order valence-corrected chi connectivity index (χ2v) is 6.07. The van der Waals surface area contributed by atoms with Gasteiger partial charge in [-0.2, -0.15) is 0 Å². The van der Waals surface area contributed by atoms with E-state index in [2.05, 4.69) is 31.0 Å². The van der Waals surface area contributed by atoms with E-state index < -0.39 is 5.82 Å². The largest absolute Gasteiger partial charge is 0.384 e. The van der Waals surface area contributed by atoms with Crippen molar-refractivity contribution in [1.82, 2.24) is 0 Å². The van der Waals surface area contributed by atoms with Gasteiger partial charge >= 0.3 is 0 Å². The highest BCUT2D eigenvalue weighted by Crippen LogP contribution is 2.43. The molecule has 0 heterocycles. The molecule has 0 aliphatic heterocycles. The zero-order valence-corrected chi connectivity index (χ0v) is 12.4. The van der Waals surface area contributed by atoms with Crippen molar-refractivity contribution in [2.45, 2.75) is 33.1 Å². The van der Waals surface area contributed by atoms with E-state index in [1.54, 1.807) is 0 Å². The van der Waals surface area contributed by atoms with Crippen molar-refractivity contribution in [2.75, 3.05) is 11.9 Å². The lowest BCUT2D eigenvalue weighted by atomic mass is 9.81. The zero-order valence-electron chi connectivity index (χ0n) is 12.4. The van der Waals surface area contributed by atoms with Gasteiger partial charge in [-0.15, -0.1) is 0 Å². The summed E-state index contributed by atoms with van der Waals surface area (Å²) in [5, 5.41) is 11.6. The third kappa shape index (κ3) is 3.62. The van der Waals surface area contributed by atoms with Crippen LogP contribution >= 0.6 is 0 Å². The van der Waals surface area contributed by atoms with Crippen LogP contribution in [0.5, 0.6) is 0 Å². The summed E-state index contributed by atoms with van der Waals surface area (Å²) in [7, 11) is 0. The Bertz CT molecular complexity index is 599. The molecule has 1 aromatic rings. The number of aliphatic hydroxyl groups excluding tert-OH is 1. The van der Waals surface area contributed by atoms with Gasteiger partial charge in [0, 0.05) is 5.92 Å². The first-order chi connectivity index (χ1) is 9.94. The highest BCUT2D eigenvalue weighted by atomic mass is 19.1. The first-order valence-electron chi connectivity index (χ1n) is 7.14. The average Bonchev–Trinajstić information content (AvgIpc) is 2.78. The number of hydrogen-bond acceptors (Lipinski definition) is 2. The molecule has 2 N–H and O–H groups in total. The third-order valence-corrected chi connectivity index (χ3v) is 4.12. The van der Waals surface area contributed by atoms with Gasteiger partial charge in [-0.05, 0) is 36.5 Å². The molecule has 1 aliphatic carbocycles. The molecule has 4 heteroatoms. The molecule has 0 radical (unpaired) electrons. The normalized spacial score (nSPS) is 19.7. The Morgan fingerprint density at radius 1 is 1.52 bits per heavy atom. The van der Waals surface area contributed by atoms with E-state index in [4.69, 9.17) is 5.11 Å². The first kappa shape index (κ1) is 15.5. The molecule has 0 spiro atoms. The van der Waals surface area contributed by atoms with E-state index in [0.29, 0.717) is 11.3 Å². The number of aliphatic hydroxyl groups is 1. The van der Waals surface area contributed by atoms with Crippen molar-refractivity contribution in [1.29, 1.82) is 0 Å². The standard InChI is InChI=1S/C17H20FNO2/c1-17(2)9-3-6-14(17)16(21)19-15-8-7-13(18)11-12(15)5-4-10-20/h7-8,11,14,20H,3,6,9-10H2,1-2H3,(H,19,21). The Morgan fingerprint density at radius 2 is 2.29 bits per heavy atom. The summed E-state index contributed by atoms with van der Waals surface area (Å²) in [5.74, 6) is 4.64. The fourth-order valence-electron chi connectivity index (χ4n) is 2.90. The Kier molecular flexibility index (Phi) is 4.64. The summed E-state index contributed by atoms with van der Waals surface area (Å²) in [6.07, 6.45) is 2.95. The van der Waals surface area contributed by atoms with Crippen LogP contribution in [-0.2, 0) is 4.79 Å². The minimum Gasteiger partial charge on any atom is -0.384 e. The molecule has 1 aromatic carbocycles. The van der Waals surface area contributed by atoms with Crippen molar-refractivity contribution in [2.24, 2.45) is 11.3 Å². The second kappa shape index (κ2) is 6.28. The van der Waals surface area contributed by atoms with Gasteiger partial charge in [-0.3, -0.25) is 4.79 Å². The predicted octanol–water partition coefficient (Wildman–Crippen LogP) is 2.93. The van der Waals surface area contributed by atoms with E-state index in [1.807, 2.05) is 0 Å². The van der Waals surface area contributed by atoms with Crippen LogP contribution in [-0.4, -0.2) is 17.6 Å². The minimum absolute atomic E-state index is 0.0128. The molecule has 0 aromatic heterocycles. The Hall–Kier alpha value is -1.86. The molecule has 21 heavy (non-hydrogen) atoms. The number of carbonyl (C=O) groups is 1. The lowest BCUT2D eigenvalue weighted by Crippen LogP contribution is -2.31. The van der Waals surface area contributed by atoms with Crippen LogP contribution in [0.1, 0.15) is 38.7 Å². The Balaban J connectivity index is 2.21. The van der Waals surface area contributed by atoms with Crippen LogP contribution in [0.4, 0.5) is 10.1 Å². The fourth-order valence-corrected chi connectivity index (χ4v) is 2.90. The molecule has 3 nitrogen and oxygen atoms in total. The summed E-state index contributed by atoms with van der Waals surface area (Å²) < 4.78 is 13.3. The quantitative estimate of drug-likeness (QED) is 0.822. The number of anilines is 1. The van der Waals surface area contributed by atoms with Gasteiger partial charge in [0.05, 0.1) is 11.3 Å². The van der Waals surface area contributed by atoms with E-state index in [9.17, 15) is 9.18 Å². The second-order valence-electron chi connectivity index (χ2n) is 6.07. The van der Waals surface area contributed by atoms with Crippen LogP contribution in [0, 0.1) is 29.0 Å². The van der Waals surface area contributed by atoms with Crippen LogP contribution in [0.3, 0.4) is 0 Å². The maximum atomic E-state index is 13.3. The minimum atomic E-state index is -0.420. The van der Waals surface area contributed by atoms with Crippen molar-refractivity contribution in [3.8, 4) is 11.8 Å². The number of rotatable bonds is 2. The van der Waals surface area contributed by atoms with E-state index in [0.717, 1.165) is 19.3 Å². The molecular formula is C17H20FNO2. The summed E-state index contributed by atoms with van der Waals surface area (Å²) in [5.41, 5.74) is 0.861. The highest BCUT2D eigenvalue weighted by molar-refractivity contribution is 5.94. The van der Waals surface area contributed by atoms with Gasteiger partial charge < -0.3 is 10.4 Å². The van der Waals surface area contributed by atoms with Gasteiger partial charge in [-0.1, -0.05) is 32.1 Å². The van der Waals surface area contributed by atoms with E-state index >= 15 is 0 Å². The smallest absolute Gasteiger partial charge is 0.228 e. The maximum Gasteiger partial charge on any atom is 0.228 e. The van der Waals surface area contributed by atoms with Crippen molar-refractivity contribution >= 4 is 11.6 Å². The molecule has 1 fully saturated rings. The summed E-state index contributed by atoms with van der Waals surface area (Å²) >= 11 is 0. The Labute approximate surface area is 124 Å². The SMILES string of the molecule is CC1(C)CCCC1C(=O)Nc1ccc(F)cc1C#CCO. The van der Waals surface area contributed by atoms with Gasteiger partial charge in [0.2, 0.25) is 5.91 Å². The number of hydrogen-bond donors (Lipinski definition) is 2. The van der Waals surface area contributed by atoms with Gasteiger partial charge in [0.25, 0.3) is 0 Å². The lowest BCUT2D eigenvalue weighted by Gasteiger charge is -2.26. The zero-order chi connectivity index (χ0) is 15.5. The highest BCUT2D eigenvalue weighted by Gasteiger charge is 2.39.